The van der Waals surface area contributed by atoms with Gasteiger partial charge in [-0.3, -0.25) is 4.79 Å². The molecule has 0 fully saturated rings. The normalized spacial score (nSPS) is 11.0. The molecule has 0 unspecified atom stereocenters. The van der Waals surface area contributed by atoms with Crippen LogP contribution in [0.3, 0.4) is 0 Å². The second kappa shape index (κ2) is 8.31. The molecule has 0 radical (unpaired) electrons. The molecule has 0 spiro atoms. The standard InChI is InChI=1S/C19H23N5OS/c1-12-14(13(2)22-19(21-12)26-3)8-9-18(25)20-11-10-17-23-15-6-4-5-7-16(15)24-17/h4-7H,8-11H2,1-3H3,(H,20,25)(H,23,24). The number of hydrogen-bond acceptors (Lipinski definition) is 5. The summed E-state index contributed by atoms with van der Waals surface area (Å²) in [5.74, 6) is 0.924. The number of imidazole rings is 1. The molecule has 6 nitrogen and oxygen atoms in total. The van der Waals surface area contributed by atoms with Gasteiger partial charge in [-0.05, 0) is 44.2 Å². The summed E-state index contributed by atoms with van der Waals surface area (Å²) in [7, 11) is 0. The van der Waals surface area contributed by atoms with Crippen LogP contribution in [-0.2, 0) is 17.6 Å². The van der Waals surface area contributed by atoms with Crippen molar-refractivity contribution in [1.29, 1.82) is 0 Å². The molecule has 0 atom stereocenters. The number of aromatic nitrogens is 4. The number of nitrogens with zero attached hydrogens (tertiary/aromatic N) is 3. The third-order valence-electron chi connectivity index (χ3n) is 4.31. The minimum atomic E-state index is 0.0360. The summed E-state index contributed by atoms with van der Waals surface area (Å²) < 4.78 is 0. The van der Waals surface area contributed by atoms with Crippen molar-refractivity contribution < 1.29 is 4.79 Å². The number of thioether (sulfide) groups is 1. The molecular formula is C19H23N5OS. The molecule has 0 saturated heterocycles. The molecule has 0 aliphatic heterocycles. The molecule has 0 aliphatic carbocycles. The summed E-state index contributed by atoms with van der Waals surface area (Å²) >= 11 is 1.53. The van der Waals surface area contributed by atoms with Crippen molar-refractivity contribution in [3.8, 4) is 0 Å². The van der Waals surface area contributed by atoms with Gasteiger partial charge in [-0.25, -0.2) is 15.0 Å². The van der Waals surface area contributed by atoms with Crippen LogP contribution in [0, 0.1) is 13.8 Å². The zero-order valence-electron chi connectivity index (χ0n) is 15.3. The van der Waals surface area contributed by atoms with Crippen LogP contribution >= 0.6 is 11.8 Å². The molecule has 2 heterocycles. The first kappa shape index (κ1) is 18.4. The van der Waals surface area contributed by atoms with E-state index in [1.807, 2.05) is 44.4 Å². The van der Waals surface area contributed by atoms with Crippen LogP contribution in [0.1, 0.15) is 29.2 Å². The average molecular weight is 369 g/mol. The van der Waals surface area contributed by atoms with E-state index in [0.29, 0.717) is 25.8 Å². The Labute approximate surface area is 157 Å². The topological polar surface area (TPSA) is 83.6 Å². The maximum atomic E-state index is 12.1. The Hall–Kier alpha value is -2.41. The number of aryl methyl sites for hydroxylation is 2. The highest BCUT2D eigenvalue weighted by molar-refractivity contribution is 7.98. The van der Waals surface area contributed by atoms with Crippen molar-refractivity contribution in [2.75, 3.05) is 12.8 Å². The minimum Gasteiger partial charge on any atom is -0.356 e. The maximum absolute atomic E-state index is 12.1. The van der Waals surface area contributed by atoms with Gasteiger partial charge in [0.2, 0.25) is 5.91 Å². The van der Waals surface area contributed by atoms with Gasteiger partial charge in [-0.15, -0.1) is 0 Å². The van der Waals surface area contributed by atoms with E-state index in [0.717, 1.165) is 39.0 Å². The van der Waals surface area contributed by atoms with Crippen LogP contribution in [0.5, 0.6) is 0 Å². The molecule has 136 valence electrons. The molecule has 2 N–H and O–H groups in total. The number of H-pyrrole nitrogens is 1. The third-order valence-corrected chi connectivity index (χ3v) is 4.85. The Bertz CT molecular complexity index is 865. The minimum absolute atomic E-state index is 0.0360. The Morgan fingerprint density at radius 2 is 1.85 bits per heavy atom. The maximum Gasteiger partial charge on any atom is 0.220 e. The molecule has 1 aromatic carbocycles. The van der Waals surface area contributed by atoms with Crippen LogP contribution in [0.15, 0.2) is 29.4 Å². The Morgan fingerprint density at radius 3 is 2.54 bits per heavy atom. The van der Waals surface area contributed by atoms with Crippen molar-refractivity contribution in [3.63, 3.8) is 0 Å². The fourth-order valence-electron chi connectivity index (χ4n) is 2.93. The number of rotatable bonds is 7. The van der Waals surface area contributed by atoms with E-state index >= 15 is 0 Å². The van der Waals surface area contributed by atoms with Gasteiger partial charge in [0, 0.05) is 30.8 Å². The molecule has 3 aromatic rings. The van der Waals surface area contributed by atoms with E-state index in [1.165, 1.54) is 11.8 Å². The number of para-hydroxylation sites is 2. The van der Waals surface area contributed by atoms with E-state index in [4.69, 9.17) is 0 Å². The van der Waals surface area contributed by atoms with E-state index in [-0.39, 0.29) is 5.91 Å². The molecular weight excluding hydrogens is 346 g/mol. The van der Waals surface area contributed by atoms with Crippen molar-refractivity contribution >= 4 is 28.7 Å². The monoisotopic (exact) mass is 369 g/mol. The SMILES string of the molecule is CSc1nc(C)c(CCC(=O)NCCc2nc3ccccc3[nH]2)c(C)n1. The summed E-state index contributed by atoms with van der Waals surface area (Å²) in [4.78, 5) is 28.8. The second-order valence-corrected chi connectivity index (χ2v) is 6.93. The Balaban J connectivity index is 1.48. The molecule has 0 bridgehead atoms. The number of carbonyl (C=O) groups is 1. The lowest BCUT2D eigenvalue weighted by atomic mass is 10.1. The van der Waals surface area contributed by atoms with Crippen molar-refractivity contribution in [3.05, 3.63) is 47.0 Å². The molecule has 3 rings (SSSR count). The second-order valence-electron chi connectivity index (χ2n) is 6.16. The van der Waals surface area contributed by atoms with Crippen LogP contribution < -0.4 is 5.32 Å². The van der Waals surface area contributed by atoms with Crippen LogP contribution in [0.25, 0.3) is 11.0 Å². The lowest BCUT2D eigenvalue weighted by molar-refractivity contribution is -0.121. The number of fused-ring (bicyclic) bond motifs is 1. The zero-order valence-corrected chi connectivity index (χ0v) is 16.1. The summed E-state index contributed by atoms with van der Waals surface area (Å²) in [5, 5.41) is 3.74. The summed E-state index contributed by atoms with van der Waals surface area (Å²) in [5.41, 5.74) is 4.95. The highest BCUT2D eigenvalue weighted by atomic mass is 32.2. The van der Waals surface area contributed by atoms with E-state index in [1.54, 1.807) is 0 Å². The predicted octanol–water partition coefficient (Wildman–Crippen LogP) is 2.98. The van der Waals surface area contributed by atoms with E-state index in [2.05, 4.69) is 25.3 Å². The first-order valence-electron chi connectivity index (χ1n) is 8.65. The number of nitrogens with one attached hydrogen (secondary N) is 2. The number of hydrogen-bond donors (Lipinski definition) is 2. The van der Waals surface area contributed by atoms with E-state index < -0.39 is 0 Å². The predicted molar refractivity (Wildman–Crippen MR) is 104 cm³/mol. The lowest BCUT2D eigenvalue weighted by Crippen LogP contribution is -2.26. The van der Waals surface area contributed by atoms with Gasteiger partial charge in [-0.1, -0.05) is 23.9 Å². The highest BCUT2D eigenvalue weighted by Crippen LogP contribution is 2.17. The first-order valence-corrected chi connectivity index (χ1v) is 9.87. The number of carbonyl (C=O) groups excluding carboxylic acids is 1. The fraction of sp³-hybridized carbons (Fsp3) is 0.368. The van der Waals surface area contributed by atoms with Crippen molar-refractivity contribution in [1.82, 2.24) is 25.3 Å². The van der Waals surface area contributed by atoms with Gasteiger partial charge in [-0.2, -0.15) is 0 Å². The van der Waals surface area contributed by atoms with Gasteiger partial charge in [0.15, 0.2) is 5.16 Å². The van der Waals surface area contributed by atoms with Crippen molar-refractivity contribution in [2.24, 2.45) is 0 Å². The van der Waals surface area contributed by atoms with Crippen LogP contribution in [0.2, 0.25) is 0 Å². The third kappa shape index (κ3) is 4.40. The Morgan fingerprint density at radius 1 is 1.12 bits per heavy atom. The molecule has 2 aromatic heterocycles. The van der Waals surface area contributed by atoms with Crippen LogP contribution in [-0.4, -0.2) is 38.6 Å². The summed E-state index contributed by atoms with van der Waals surface area (Å²) in [6.45, 7) is 4.52. The summed E-state index contributed by atoms with van der Waals surface area (Å²) in [6.07, 6.45) is 3.74. The molecule has 0 aliphatic rings. The van der Waals surface area contributed by atoms with Crippen molar-refractivity contribution in [2.45, 2.75) is 38.3 Å². The zero-order chi connectivity index (χ0) is 18.5. The van der Waals surface area contributed by atoms with Gasteiger partial charge in [0.25, 0.3) is 0 Å². The number of aromatic amines is 1. The average Bonchev–Trinajstić information content (AvgIpc) is 3.03. The molecule has 7 heteroatoms. The summed E-state index contributed by atoms with van der Waals surface area (Å²) in [6, 6.07) is 7.92. The molecule has 1 amide bonds. The quantitative estimate of drug-likeness (QED) is 0.494. The number of amides is 1. The fourth-order valence-corrected chi connectivity index (χ4v) is 3.39. The smallest absolute Gasteiger partial charge is 0.220 e. The number of benzene rings is 1. The molecule has 26 heavy (non-hydrogen) atoms. The van der Waals surface area contributed by atoms with Gasteiger partial charge < -0.3 is 10.3 Å². The first-order chi connectivity index (χ1) is 12.6. The lowest BCUT2D eigenvalue weighted by Gasteiger charge is -2.10. The molecule has 0 saturated carbocycles. The van der Waals surface area contributed by atoms with Gasteiger partial charge in [0.1, 0.15) is 5.82 Å². The van der Waals surface area contributed by atoms with E-state index in [9.17, 15) is 4.79 Å². The highest BCUT2D eigenvalue weighted by Gasteiger charge is 2.11. The van der Waals surface area contributed by atoms with Gasteiger partial charge >= 0.3 is 0 Å². The van der Waals surface area contributed by atoms with Gasteiger partial charge in [0.05, 0.1) is 11.0 Å². The Kier molecular flexibility index (Phi) is 5.88. The van der Waals surface area contributed by atoms with Crippen LogP contribution in [0.4, 0.5) is 0 Å². The largest absolute Gasteiger partial charge is 0.356 e.